The number of fused-ring (bicyclic) bond motifs is 2. The fourth-order valence-electron chi connectivity index (χ4n) is 2.84. The molecule has 22 heavy (non-hydrogen) atoms. The van der Waals surface area contributed by atoms with E-state index in [1.165, 1.54) is 10.9 Å². The van der Waals surface area contributed by atoms with Crippen LogP contribution in [0.2, 0.25) is 0 Å². The van der Waals surface area contributed by atoms with Gasteiger partial charge in [0.15, 0.2) is 0 Å². The Morgan fingerprint density at radius 2 is 1.68 bits per heavy atom. The molecule has 0 amide bonds. The Kier molecular flexibility index (Phi) is 3.00. The molecule has 4 nitrogen and oxygen atoms in total. The number of hydrogen-bond donors (Lipinski definition) is 2. The van der Waals surface area contributed by atoms with Gasteiger partial charge in [0.25, 0.3) is 5.56 Å². The van der Waals surface area contributed by atoms with E-state index in [9.17, 15) is 4.79 Å². The van der Waals surface area contributed by atoms with Crippen molar-refractivity contribution >= 4 is 21.8 Å². The van der Waals surface area contributed by atoms with Crippen molar-refractivity contribution in [1.82, 2.24) is 15.0 Å². The van der Waals surface area contributed by atoms with E-state index in [2.05, 4.69) is 27.1 Å². The first-order chi connectivity index (χ1) is 10.8. The molecule has 2 N–H and O–H groups in total. The van der Waals surface area contributed by atoms with Crippen LogP contribution in [0.1, 0.15) is 11.4 Å². The van der Waals surface area contributed by atoms with Crippen LogP contribution in [0.4, 0.5) is 0 Å². The van der Waals surface area contributed by atoms with Crippen molar-refractivity contribution in [2.45, 2.75) is 12.8 Å². The fourth-order valence-corrected chi connectivity index (χ4v) is 2.84. The van der Waals surface area contributed by atoms with Gasteiger partial charge in [-0.25, -0.2) is 4.98 Å². The second kappa shape index (κ2) is 5.15. The van der Waals surface area contributed by atoms with E-state index in [1.54, 1.807) is 6.07 Å². The molecule has 0 fully saturated rings. The maximum absolute atomic E-state index is 12.1. The van der Waals surface area contributed by atoms with Gasteiger partial charge in [0, 0.05) is 23.5 Å². The third-order valence-corrected chi connectivity index (χ3v) is 3.97. The van der Waals surface area contributed by atoms with Crippen molar-refractivity contribution in [2.75, 3.05) is 0 Å². The molecule has 2 aromatic carbocycles. The Morgan fingerprint density at radius 3 is 2.59 bits per heavy atom. The Bertz CT molecular complexity index is 1010. The van der Waals surface area contributed by atoms with Gasteiger partial charge in [0.05, 0.1) is 10.9 Å². The molecule has 0 spiro atoms. The third kappa shape index (κ3) is 2.19. The van der Waals surface area contributed by atoms with Gasteiger partial charge in [-0.1, -0.05) is 30.3 Å². The maximum Gasteiger partial charge on any atom is 0.258 e. The summed E-state index contributed by atoms with van der Waals surface area (Å²) in [6, 6.07) is 15.7. The molecule has 0 bridgehead atoms. The summed E-state index contributed by atoms with van der Waals surface area (Å²) in [4.78, 5) is 22.8. The predicted molar refractivity (Wildman–Crippen MR) is 88.1 cm³/mol. The van der Waals surface area contributed by atoms with E-state index >= 15 is 0 Å². The van der Waals surface area contributed by atoms with Crippen LogP contribution >= 0.6 is 0 Å². The fraction of sp³-hybridized carbons (Fsp3) is 0.111. The summed E-state index contributed by atoms with van der Waals surface area (Å²) in [5, 5.41) is 1.86. The summed E-state index contributed by atoms with van der Waals surface area (Å²) in [7, 11) is 0. The van der Waals surface area contributed by atoms with Crippen LogP contribution in [-0.2, 0) is 12.8 Å². The summed E-state index contributed by atoms with van der Waals surface area (Å²) in [6.45, 7) is 0. The van der Waals surface area contributed by atoms with Crippen molar-refractivity contribution in [2.24, 2.45) is 0 Å². The molecule has 0 radical (unpaired) electrons. The summed E-state index contributed by atoms with van der Waals surface area (Å²) in [5.74, 6) is 0.731. The van der Waals surface area contributed by atoms with Crippen LogP contribution in [0.5, 0.6) is 0 Å². The number of benzene rings is 2. The molecule has 0 unspecified atom stereocenters. The molecule has 4 rings (SSSR count). The molecule has 2 aromatic heterocycles. The zero-order valence-corrected chi connectivity index (χ0v) is 12.0. The van der Waals surface area contributed by atoms with Crippen molar-refractivity contribution < 1.29 is 0 Å². The third-order valence-electron chi connectivity index (χ3n) is 3.97. The lowest BCUT2D eigenvalue weighted by Gasteiger charge is -2.03. The lowest BCUT2D eigenvalue weighted by molar-refractivity contribution is 0.865. The molecule has 2 heterocycles. The number of nitrogens with zero attached hydrogens (tertiary/aromatic N) is 1. The van der Waals surface area contributed by atoms with Crippen molar-refractivity contribution in [1.29, 1.82) is 0 Å². The van der Waals surface area contributed by atoms with Gasteiger partial charge in [0.2, 0.25) is 0 Å². The highest BCUT2D eigenvalue weighted by atomic mass is 16.1. The number of para-hydroxylation sites is 2. The summed E-state index contributed by atoms with van der Waals surface area (Å²) < 4.78 is 0. The first-order valence-corrected chi connectivity index (χ1v) is 7.34. The van der Waals surface area contributed by atoms with Gasteiger partial charge in [-0.15, -0.1) is 0 Å². The van der Waals surface area contributed by atoms with Gasteiger partial charge in [-0.05, 0) is 30.2 Å². The topological polar surface area (TPSA) is 61.5 Å². The van der Waals surface area contributed by atoms with Crippen LogP contribution < -0.4 is 5.56 Å². The van der Waals surface area contributed by atoms with E-state index < -0.39 is 0 Å². The minimum Gasteiger partial charge on any atom is -0.361 e. The molecule has 0 atom stereocenters. The Labute approximate surface area is 126 Å². The minimum absolute atomic E-state index is 0.0699. The van der Waals surface area contributed by atoms with Crippen LogP contribution in [0.25, 0.3) is 21.8 Å². The standard InChI is InChI=1S/C18H15N3O/c22-18-14-6-2-4-8-16(14)20-17(21-18)10-9-12-11-19-15-7-3-1-5-13(12)15/h1-8,11,19H,9-10H2,(H,20,21,22). The molecule has 0 aliphatic carbocycles. The molecule has 0 saturated carbocycles. The summed E-state index contributed by atoms with van der Waals surface area (Å²) >= 11 is 0. The van der Waals surface area contributed by atoms with Gasteiger partial charge in [0.1, 0.15) is 5.82 Å². The van der Waals surface area contributed by atoms with E-state index in [4.69, 9.17) is 0 Å². The highest BCUT2D eigenvalue weighted by Crippen LogP contribution is 2.19. The quantitative estimate of drug-likeness (QED) is 0.608. The number of nitrogens with one attached hydrogen (secondary N) is 2. The van der Waals surface area contributed by atoms with E-state index in [0.717, 1.165) is 23.3 Å². The molecule has 108 valence electrons. The van der Waals surface area contributed by atoms with Crippen LogP contribution in [0.15, 0.2) is 59.5 Å². The summed E-state index contributed by atoms with van der Waals surface area (Å²) in [6.07, 6.45) is 3.58. The van der Waals surface area contributed by atoms with E-state index in [-0.39, 0.29) is 5.56 Å². The zero-order valence-electron chi connectivity index (χ0n) is 12.0. The van der Waals surface area contributed by atoms with Gasteiger partial charge in [-0.3, -0.25) is 4.79 Å². The number of aromatic amines is 2. The average molecular weight is 289 g/mol. The number of aromatic nitrogens is 3. The number of aryl methyl sites for hydroxylation is 2. The highest BCUT2D eigenvalue weighted by Gasteiger charge is 2.06. The molecular formula is C18H15N3O. The first-order valence-electron chi connectivity index (χ1n) is 7.34. The predicted octanol–water partition coefficient (Wildman–Crippen LogP) is 3.19. The molecule has 4 aromatic rings. The average Bonchev–Trinajstić information content (AvgIpc) is 2.96. The lowest BCUT2D eigenvalue weighted by atomic mass is 10.1. The zero-order chi connectivity index (χ0) is 14.9. The smallest absolute Gasteiger partial charge is 0.258 e. The Morgan fingerprint density at radius 1 is 0.909 bits per heavy atom. The Balaban J connectivity index is 1.65. The van der Waals surface area contributed by atoms with E-state index in [1.807, 2.05) is 36.5 Å². The normalized spacial score (nSPS) is 11.3. The largest absolute Gasteiger partial charge is 0.361 e. The van der Waals surface area contributed by atoms with Gasteiger partial charge in [-0.2, -0.15) is 0 Å². The first kappa shape index (κ1) is 12.8. The van der Waals surface area contributed by atoms with Gasteiger partial charge < -0.3 is 9.97 Å². The molecule has 0 aliphatic heterocycles. The van der Waals surface area contributed by atoms with Gasteiger partial charge >= 0.3 is 0 Å². The number of rotatable bonds is 3. The van der Waals surface area contributed by atoms with Crippen LogP contribution in [0.3, 0.4) is 0 Å². The maximum atomic E-state index is 12.1. The lowest BCUT2D eigenvalue weighted by Crippen LogP contribution is -2.12. The van der Waals surface area contributed by atoms with Crippen molar-refractivity contribution in [3.63, 3.8) is 0 Å². The SMILES string of the molecule is O=c1[nH]c(CCc2c[nH]c3ccccc23)nc2ccccc12. The molecule has 4 heteroatoms. The highest BCUT2D eigenvalue weighted by molar-refractivity contribution is 5.83. The number of hydrogen-bond acceptors (Lipinski definition) is 2. The monoisotopic (exact) mass is 289 g/mol. The molecule has 0 aliphatic rings. The van der Waals surface area contributed by atoms with Crippen LogP contribution in [-0.4, -0.2) is 15.0 Å². The number of H-pyrrole nitrogens is 2. The minimum atomic E-state index is -0.0699. The van der Waals surface area contributed by atoms with Crippen molar-refractivity contribution in [3.8, 4) is 0 Å². The molecule has 0 saturated heterocycles. The van der Waals surface area contributed by atoms with Crippen molar-refractivity contribution in [3.05, 3.63) is 76.5 Å². The Hall–Kier alpha value is -2.88. The van der Waals surface area contributed by atoms with Crippen LogP contribution in [0, 0.1) is 0 Å². The van der Waals surface area contributed by atoms with E-state index in [0.29, 0.717) is 11.8 Å². The summed E-state index contributed by atoms with van der Waals surface area (Å²) in [5.41, 5.74) is 3.06. The molecular weight excluding hydrogens is 274 g/mol. The second-order valence-electron chi connectivity index (χ2n) is 5.39. The second-order valence-corrected chi connectivity index (χ2v) is 5.39.